The largest absolute Gasteiger partial charge is 0.369 e. The van der Waals surface area contributed by atoms with Gasteiger partial charge in [0.15, 0.2) is 5.82 Å². The van der Waals surface area contributed by atoms with Gasteiger partial charge >= 0.3 is 0 Å². The van der Waals surface area contributed by atoms with E-state index in [0.29, 0.717) is 31.0 Å². The van der Waals surface area contributed by atoms with E-state index in [1.165, 1.54) is 18.2 Å². The average molecular weight is 453 g/mol. The number of halogens is 2. The Morgan fingerprint density at radius 1 is 0.906 bits per heavy atom. The maximum Gasteiger partial charge on any atom is 0.173 e. The van der Waals surface area contributed by atoms with E-state index < -0.39 is 6.04 Å². The van der Waals surface area contributed by atoms with Crippen molar-refractivity contribution in [3.63, 3.8) is 0 Å². The minimum absolute atomic E-state index is 0.246. The number of anilines is 1. The number of rotatable bonds is 6. The Morgan fingerprint density at radius 2 is 1.69 bits per heavy atom. The van der Waals surface area contributed by atoms with Gasteiger partial charge in [-0.15, -0.1) is 16.4 Å². The summed E-state index contributed by atoms with van der Waals surface area (Å²) in [4.78, 5) is 5.56. The predicted octanol–water partition coefficient (Wildman–Crippen LogP) is 3.97. The molecule has 0 amide bonds. The second-order valence-electron chi connectivity index (χ2n) is 7.70. The summed E-state index contributed by atoms with van der Waals surface area (Å²) in [6.07, 6.45) is 0. The molecule has 2 aromatic heterocycles. The van der Waals surface area contributed by atoms with Crippen molar-refractivity contribution in [1.82, 2.24) is 25.1 Å². The monoisotopic (exact) mass is 452 g/mol. The van der Waals surface area contributed by atoms with Crippen molar-refractivity contribution in [3.8, 4) is 0 Å². The first-order chi connectivity index (χ1) is 15.7. The van der Waals surface area contributed by atoms with Crippen molar-refractivity contribution >= 4 is 17.0 Å². The zero-order chi connectivity index (χ0) is 21.9. The molecule has 0 saturated carbocycles. The minimum atomic E-state index is -0.401. The lowest BCUT2D eigenvalue weighted by atomic mass is 10.0. The summed E-state index contributed by atoms with van der Waals surface area (Å²) in [7, 11) is 0. The minimum Gasteiger partial charge on any atom is -0.369 e. The van der Waals surface area contributed by atoms with E-state index in [0.717, 1.165) is 23.7 Å². The second-order valence-corrected chi connectivity index (χ2v) is 8.73. The molecule has 164 valence electrons. The number of hydrogen-bond acceptors (Lipinski definition) is 6. The molecule has 5 rings (SSSR count). The molecule has 6 nitrogen and oxygen atoms in total. The highest BCUT2D eigenvalue weighted by atomic mass is 32.1. The molecular weight excluding hydrogens is 430 g/mol. The van der Waals surface area contributed by atoms with E-state index in [4.69, 9.17) is 0 Å². The molecule has 0 spiro atoms. The maximum absolute atomic E-state index is 14.9. The predicted molar refractivity (Wildman–Crippen MR) is 120 cm³/mol. The van der Waals surface area contributed by atoms with Gasteiger partial charge in [0.05, 0.1) is 6.54 Å². The Bertz CT molecular complexity index is 1150. The zero-order valence-electron chi connectivity index (χ0n) is 17.3. The normalized spacial score (nSPS) is 15.8. The first-order valence-corrected chi connectivity index (χ1v) is 11.3. The van der Waals surface area contributed by atoms with Crippen LogP contribution in [0.4, 0.5) is 14.5 Å². The molecule has 0 bridgehead atoms. The van der Waals surface area contributed by atoms with Gasteiger partial charge in [0.25, 0.3) is 0 Å². The van der Waals surface area contributed by atoms with Crippen LogP contribution in [0, 0.1) is 11.6 Å². The second kappa shape index (κ2) is 9.13. The highest BCUT2D eigenvalue weighted by Gasteiger charge is 2.32. The van der Waals surface area contributed by atoms with E-state index in [2.05, 4.69) is 25.3 Å². The lowest BCUT2D eigenvalue weighted by Gasteiger charge is -2.40. The van der Waals surface area contributed by atoms with E-state index in [-0.39, 0.29) is 11.6 Å². The van der Waals surface area contributed by atoms with Crippen molar-refractivity contribution < 1.29 is 8.78 Å². The lowest BCUT2D eigenvalue weighted by molar-refractivity contribution is 0.198. The van der Waals surface area contributed by atoms with Crippen LogP contribution in [-0.2, 0) is 6.54 Å². The fourth-order valence-electron chi connectivity index (χ4n) is 4.16. The molecule has 1 atom stereocenters. The number of tetrazole rings is 1. The molecular formula is C23H22F2N6S. The third kappa shape index (κ3) is 4.26. The Morgan fingerprint density at radius 3 is 2.41 bits per heavy atom. The van der Waals surface area contributed by atoms with Crippen molar-refractivity contribution in [2.24, 2.45) is 0 Å². The van der Waals surface area contributed by atoms with E-state index in [1.54, 1.807) is 40.3 Å². The fraction of sp³-hybridized carbons (Fsp3) is 0.261. The summed E-state index contributed by atoms with van der Waals surface area (Å²) in [5, 5.41) is 14.5. The van der Waals surface area contributed by atoms with Crippen LogP contribution >= 0.6 is 11.3 Å². The number of aromatic nitrogens is 4. The van der Waals surface area contributed by atoms with Crippen LogP contribution < -0.4 is 4.90 Å². The number of hydrogen-bond donors (Lipinski definition) is 0. The van der Waals surface area contributed by atoms with Gasteiger partial charge in [0, 0.05) is 42.3 Å². The third-order valence-corrected chi connectivity index (χ3v) is 6.62. The van der Waals surface area contributed by atoms with Crippen molar-refractivity contribution in [3.05, 3.63) is 93.9 Å². The van der Waals surface area contributed by atoms with Gasteiger partial charge in [0.2, 0.25) is 0 Å². The highest BCUT2D eigenvalue weighted by molar-refractivity contribution is 7.09. The van der Waals surface area contributed by atoms with E-state index in [1.807, 2.05) is 23.6 Å². The summed E-state index contributed by atoms with van der Waals surface area (Å²) >= 11 is 1.64. The summed E-state index contributed by atoms with van der Waals surface area (Å²) in [6.45, 7) is 3.41. The van der Waals surface area contributed by atoms with Gasteiger partial charge in [-0.05, 0) is 52.2 Å². The molecule has 1 fully saturated rings. The van der Waals surface area contributed by atoms with E-state index in [9.17, 15) is 8.78 Å². The third-order valence-electron chi connectivity index (χ3n) is 5.76. The summed E-state index contributed by atoms with van der Waals surface area (Å²) in [6, 6.07) is 17.0. The Balaban J connectivity index is 1.43. The van der Waals surface area contributed by atoms with Crippen LogP contribution in [0.1, 0.15) is 22.3 Å². The SMILES string of the molecule is Fc1ccc(N2CCN([C@H](c3ccccc3F)c3nnnn3Cc3cccs3)CC2)cc1. The van der Waals surface area contributed by atoms with Crippen LogP contribution in [0.2, 0.25) is 0 Å². The molecule has 32 heavy (non-hydrogen) atoms. The molecule has 0 radical (unpaired) electrons. The molecule has 3 heterocycles. The van der Waals surface area contributed by atoms with Crippen LogP contribution in [0.3, 0.4) is 0 Å². The molecule has 1 aliphatic heterocycles. The van der Waals surface area contributed by atoms with Crippen molar-refractivity contribution in [2.75, 3.05) is 31.1 Å². The lowest BCUT2D eigenvalue weighted by Crippen LogP contribution is -2.48. The average Bonchev–Trinajstić information content (AvgIpc) is 3.49. The number of nitrogens with zero attached hydrogens (tertiary/aromatic N) is 6. The van der Waals surface area contributed by atoms with Crippen LogP contribution in [0.5, 0.6) is 0 Å². The first-order valence-electron chi connectivity index (χ1n) is 10.5. The zero-order valence-corrected chi connectivity index (χ0v) is 18.1. The molecule has 0 aliphatic carbocycles. The Kier molecular flexibility index (Phi) is 5.91. The molecule has 4 aromatic rings. The number of piperazine rings is 1. The highest BCUT2D eigenvalue weighted by Crippen LogP contribution is 2.31. The summed E-state index contributed by atoms with van der Waals surface area (Å²) in [5.41, 5.74) is 1.54. The van der Waals surface area contributed by atoms with Gasteiger partial charge in [0.1, 0.15) is 17.7 Å². The standard InChI is InChI=1S/C23H22F2N6S/c24-17-7-9-18(10-8-17)29-11-13-30(14-12-29)22(20-5-1-2-6-21(20)25)23-26-27-28-31(23)16-19-4-3-15-32-19/h1-10,15,22H,11-14,16H2/t22-/m1/s1. The van der Waals surface area contributed by atoms with Gasteiger partial charge in [-0.2, -0.15) is 0 Å². The van der Waals surface area contributed by atoms with Gasteiger partial charge in [-0.3, -0.25) is 4.90 Å². The molecule has 1 aliphatic rings. The van der Waals surface area contributed by atoms with Crippen molar-refractivity contribution in [2.45, 2.75) is 12.6 Å². The Hall–Kier alpha value is -3.17. The van der Waals surface area contributed by atoms with Crippen LogP contribution in [0.25, 0.3) is 0 Å². The molecule has 2 aromatic carbocycles. The van der Waals surface area contributed by atoms with Gasteiger partial charge in [-0.25, -0.2) is 13.5 Å². The van der Waals surface area contributed by atoms with E-state index >= 15 is 0 Å². The smallest absolute Gasteiger partial charge is 0.173 e. The van der Waals surface area contributed by atoms with Crippen molar-refractivity contribution in [1.29, 1.82) is 0 Å². The number of thiophene rings is 1. The molecule has 1 saturated heterocycles. The fourth-order valence-corrected chi connectivity index (χ4v) is 4.84. The Labute approximate surface area is 188 Å². The van der Waals surface area contributed by atoms with Gasteiger partial charge in [-0.1, -0.05) is 24.3 Å². The maximum atomic E-state index is 14.9. The molecule has 0 unspecified atom stereocenters. The topological polar surface area (TPSA) is 50.1 Å². The quantitative estimate of drug-likeness (QED) is 0.443. The summed E-state index contributed by atoms with van der Waals surface area (Å²) in [5.74, 6) is 0.104. The summed E-state index contributed by atoms with van der Waals surface area (Å²) < 4.78 is 30.0. The van der Waals surface area contributed by atoms with Crippen LogP contribution in [0.15, 0.2) is 66.0 Å². The van der Waals surface area contributed by atoms with Gasteiger partial charge < -0.3 is 4.90 Å². The first kappa shape index (κ1) is 20.7. The molecule has 0 N–H and O–H groups in total. The number of benzene rings is 2. The molecule has 9 heteroatoms. The van der Waals surface area contributed by atoms with Crippen LogP contribution in [-0.4, -0.2) is 51.3 Å².